The lowest BCUT2D eigenvalue weighted by atomic mass is 10.2. The number of aromatic nitrogens is 1. The average Bonchev–Trinajstić information content (AvgIpc) is 2.53. The van der Waals surface area contributed by atoms with Crippen LogP contribution in [0.2, 0.25) is 0 Å². The highest BCUT2D eigenvalue weighted by atomic mass is 14.7. The molecule has 3 rings (SSSR count). The summed E-state index contributed by atoms with van der Waals surface area (Å²) in [7, 11) is 0. The second-order valence-corrected chi connectivity index (χ2v) is 3.59. The minimum absolute atomic E-state index is 0.562. The Hall–Kier alpha value is -2.09. The molecule has 1 aromatic heterocycles. The van der Waals surface area contributed by atoms with Crippen molar-refractivity contribution in [1.29, 1.82) is 5.41 Å². The molecule has 2 heteroatoms. The lowest BCUT2D eigenvalue weighted by Crippen LogP contribution is -1.93. The van der Waals surface area contributed by atoms with E-state index in [2.05, 4.69) is 4.98 Å². The van der Waals surface area contributed by atoms with E-state index in [1.165, 1.54) is 0 Å². The van der Waals surface area contributed by atoms with Gasteiger partial charge in [-0.15, -0.1) is 0 Å². The second-order valence-electron chi connectivity index (χ2n) is 3.59. The fourth-order valence-electron chi connectivity index (χ4n) is 1.96. The molecule has 0 aliphatic carbocycles. The highest BCUT2D eigenvalue weighted by Gasteiger charge is 2.02. The van der Waals surface area contributed by atoms with Crippen LogP contribution >= 0.6 is 0 Å². The van der Waals surface area contributed by atoms with Crippen LogP contribution in [0, 0.1) is 5.41 Å². The Labute approximate surface area is 86.7 Å². The molecular weight excluding hydrogens is 184 g/mol. The molecule has 3 aromatic rings. The van der Waals surface area contributed by atoms with Crippen molar-refractivity contribution in [2.24, 2.45) is 0 Å². The molecule has 0 saturated carbocycles. The van der Waals surface area contributed by atoms with Crippen molar-refractivity contribution < 1.29 is 0 Å². The number of hydrogen-bond acceptors (Lipinski definition) is 1. The van der Waals surface area contributed by atoms with Crippen molar-refractivity contribution in [1.82, 2.24) is 4.98 Å². The van der Waals surface area contributed by atoms with Crippen molar-refractivity contribution in [2.45, 2.75) is 0 Å². The maximum Gasteiger partial charge on any atom is 0.0639 e. The van der Waals surface area contributed by atoms with Gasteiger partial charge >= 0.3 is 0 Å². The number of hydrogen-bond donors (Lipinski definition) is 2. The summed E-state index contributed by atoms with van der Waals surface area (Å²) in [6.45, 7) is 0. The molecule has 15 heavy (non-hydrogen) atoms. The Balaban J connectivity index is 2.72. The predicted octanol–water partition coefficient (Wildman–Crippen LogP) is 2.80. The van der Waals surface area contributed by atoms with E-state index in [1.807, 2.05) is 48.5 Å². The lowest BCUT2D eigenvalue weighted by molar-refractivity contribution is 1.32. The third-order valence-electron chi connectivity index (χ3n) is 2.64. The van der Waals surface area contributed by atoms with Gasteiger partial charge in [0.2, 0.25) is 0 Å². The Morgan fingerprint density at radius 2 is 1.47 bits per heavy atom. The van der Waals surface area contributed by atoms with Crippen LogP contribution in [0.3, 0.4) is 0 Å². The van der Waals surface area contributed by atoms with E-state index in [1.54, 1.807) is 0 Å². The van der Waals surface area contributed by atoms with E-state index in [9.17, 15) is 0 Å². The number of nitrogens with one attached hydrogen (secondary N) is 2. The highest BCUT2D eigenvalue weighted by Crippen LogP contribution is 2.20. The molecule has 0 aliphatic rings. The first-order valence-electron chi connectivity index (χ1n) is 4.90. The minimum Gasteiger partial charge on any atom is -0.354 e. The zero-order chi connectivity index (χ0) is 10.3. The second kappa shape index (κ2) is 2.95. The molecule has 2 aromatic carbocycles. The number of H-pyrrole nitrogens is 1. The van der Waals surface area contributed by atoms with Crippen LogP contribution in [0.15, 0.2) is 48.5 Å². The fourth-order valence-corrected chi connectivity index (χ4v) is 1.96. The van der Waals surface area contributed by atoms with Gasteiger partial charge in [-0.3, -0.25) is 0 Å². The summed E-state index contributed by atoms with van der Waals surface area (Å²) < 4.78 is 0. The smallest absolute Gasteiger partial charge is 0.0639 e. The van der Waals surface area contributed by atoms with Crippen LogP contribution in [-0.4, -0.2) is 4.98 Å². The van der Waals surface area contributed by atoms with E-state index in [-0.39, 0.29) is 0 Å². The first kappa shape index (κ1) is 8.24. The molecule has 0 fully saturated rings. The molecule has 2 N–H and O–H groups in total. The van der Waals surface area contributed by atoms with Crippen LogP contribution < -0.4 is 5.36 Å². The number of para-hydroxylation sites is 1. The normalized spacial score (nSPS) is 10.9. The quantitative estimate of drug-likeness (QED) is 0.552. The average molecular weight is 194 g/mol. The van der Waals surface area contributed by atoms with Crippen LogP contribution in [0.1, 0.15) is 0 Å². The molecule has 72 valence electrons. The van der Waals surface area contributed by atoms with Gasteiger partial charge in [0.1, 0.15) is 0 Å². The van der Waals surface area contributed by atoms with E-state index in [0.29, 0.717) is 5.36 Å². The summed E-state index contributed by atoms with van der Waals surface area (Å²) in [5.41, 5.74) is 2.11. The van der Waals surface area contributed by atoms with Gasteiger partial charge in [0.15, 0.2) is 0 Å². The summed E-state index contributed by atoms with van der Waals surface area (Å²) in [5.74, 6) is 0. The van der Waals surface area contributed by atoms with Gasteiger partial charge in [-0.25, -0.2) is 0 Å². The van der Waals surface area contributed by atoms with Gasteiger partial charge in [-0.2, -0.15) is 0 Å². The summed E-state index contributed by atoms with van der Waals surface area (Å²) in [6, 6.07) is 15.8. The molecule has 0 unspecified atom stereocenters. The predicted molar refractivity (Wildman–Crippen MR) is 61.7 cm³/mol. The van der Waals surface area contributed by atoms with Crippen LogP contribution in [-0.2, 0) is 0 Å². The van der Waals surface area contributed by atoms with Crippen molar-refractivity contribution >= 4 is 21.8 Å². The summed E-state index contributed by atoms with van der Waals surface area (Å²) in [4.78, 5) is 3.32. The Morgan fingerprint density at radius 1 is 0.800 bits per heavy atom. The third kappa shape index (κ3) is 1.15. The van der Waals surface area contributed by atoms with Gasteiger partial charge in [-0.1, -0.05) is 30.3 Å². The van der Waals surface area contributed by atoms with Crippen LogP contribution in [0.25, 0.3) is 21.8 Å². The fraction of sp³-hybridized carbons (Fsp3) is 0. The van der Waals surface area contributed by atoms with Crippen molar-refractivity contribution in [3.05, 3.63) is 53.9 Å². The Kier molecular flexibility index (Phi) is 1.62. The number of rotatable bonds is 0. The lowest BCUT2D eigenvalue weighted by Gasteiger charge is -1.86. The topological polar surface area (TPSA) is 39.6 Å². The zero-order valence-corrected chi connectivity index (χ0v) is 8.12. The van der Waals surface area contributed by atoms with Crippen molar-refractivity contribution in [3.8, 4) is 0 Å². The maximum absolute atomic E-state index is 7.96. The molecule has 0 saturated heterocycles. The SMILES string of the molecule is N=c1ccccc2[nH]c3ccccc3c12. The van der Waals surface area contributed by atoms with Gasteiger partial charge in [0.25, 0.3) is 0 Å². The summed E-state index contributed by atoms with van der Waals surface area (Å²) in [5, 5.41) is 10.6. The zero-order valence-electron chi connectivity index (χ0n) is 8.12. The maximum atomic E-state index is 7.96. The van der Waals surface area contributed by atoms with E-state index in [4.69, 9.17) is 5.41 Å². The monoisotopic (exact) mass is 194 g/mol. The molecular formula is C13H10N2. The number of aromatic amines is 1. The summed E-state index contributed by atoms with van der Waals surface area (Å²) in [6.07, 6.45) is 0. The molecule has 2 nitrogen and oxygen atoms in total. The van der Waals surface area contributed by atoms with Gasteiger partial charge < -0.3 is 10.4 Å². The highest BCUT2D eigenvalue weighted by molar-refractivity contribution is 6.06. The molecule has 0 aliphatic heterocycles. The molecule has 0 bridgehead atoms. The van der Waals surface area contributed by atoms with Gasteiger partial charge in [0.05, 0.1) is 5.36 Å². The first-order valence-corrected chi connectivity index (χ1v) is 4.90. The van der Waals surface area contributed by atoms with E-state index >= 15 is 0 Å². The van der Waals surface area contributed by atoms with Crippen molar-refractivity contribution in [3.63, 3.8) is 0 Å². The summed E-state index contributed by atoms with van der Waals surface area (Å²) >= 11 is 0. The standard InChI is InChI=1S/C13H10N2/c14-10-6-2-4-8-12-13(10)9-5-1-3-7-11(9)15-12/h1-8,14-15H. The molecule has 0 radical (unpaired) electrons. The van der Waals surface area contributed by atoms with E-state index < -0.39 is 0 Å². The molecule has 0 atom stereocenters. The number of benzene rings is 1. The van der Waals surface area contributed by atoms with Crippen molar-refractivity contribution in [2.75, 3.05) is 0 Å². The third-order valence-corrected chi connectivity index (χ3v) is 2.64. The first-order chi connectivity index (χ1) is 7.36. The van der Waals surface area contributed by atoms with E-state index in [0.717, 1.165) is 21.8 Å². The number of fused-ring (bicyclic) bond motifs is 3. The minimum atomic E-state index is 0.562. The molecule has 0 spiro atoms. The Bertz CT molecular complexity index is 695. The largest absolute Gasteiger partial charge is 0.354 e. The van der Waals surface area contributed by atoms with Crippen LogP contribution in [0.5, 0.6) is 0 Å². The van der Waals surface area contributed by atoms with Crippen LogP contribution in [0.4, 0.5) is 0 Å². The Morgan fingerprint density at radius 3 is 2.33 bits per heavy atom. The molecule has 0 amide bonds. The van der Waals surface area contributed by atoms with Gasteiger partial charge in [0, 0.05) is 21.8 Å². The molecule has 1 heterocycles. The van der Waals surface area contributed by atoms with Gasteiger partial charge in [-0.05, 0) is 18.2 Å².